The lowest BCUT2D eigenvalue weighted by Gasteiger charge is -2.13. The zero-order valence-electron chi connectivity index (χ0n) is 10.9. The maximum absolute atomic E-state index is 14.0. The molecule has 0 heterocycles. The molecule has 2 rings (SSSR count). The molecule has 4 heteroatoms. The van der Waals surface area contributed by atoms with Crippen molar-refractivity contribution in [3.05, 3.63) is 70.2 Å². The Labute approximate surface area is 125 Å². The van der Waals surface area contributed by atoms with Gasteiger partial charge in [-0.1, -0.05) is 58.4 Å². The van der Waals surface area contributed by atoms with Crippen molar-refractivity contribution in [2.24, 2.45) is 4.99 Å². The van der Waals surface area contributed by atoms with Crippen molar-refractivity contribution in [3.63, 3.8) is 0 Å². The number of aliphatic imine (C=N–C) groups is 1. The minimum absolute atomic E-state index is 0.0651. The molecule has 0 aliphatic heterocycles. The SMILES string of the molecule is C[C@H](N=CC(F)(F)c1ccc(Br)cc1)c1ccccc1. The molecule has 1 atom stereocenters. The number of hydrogen-bond donors (Lipinski definition) is 0. The van der Waals surface area contributed by atoms with E-state index in [0.717, 1.165) is 16.3 Å². The van der Waals surface area contributed by atoms with Crippen LogP contribution >= 0.6 is 15.9 Å². The van der Waals surface area contributed by atoms with E-state index < -0.39 is 5.92 Å². The predicted octanol–water partition coefficient (Wildman–Crippen LogP) is 5.37. The Morgan fingerprint density at radius 2 is 1.65 bits per heavy atom. The first kappa shape index (κ1) is 14.9. The van der Waals surface area contributed by atoms with Crippen molar-refractivity contribution in [2.75, 3.05) is 0 Å². The molecule has 0 aliphatic carbocycles. The van der Waals surface area contributed by atoms with E-state index in [0.29, 0.717) is 0 Å². The molecule has 20 heavy (non-hydrogen) atoms. The second-order valence-electron chi connectivity index (χ2n) is 4.49. The van der Waals surface area contributed by atoms with E-state index in [1.165, 1.54) is 12.1 Å². The molecule has 0 saturated carbocycles. The van der Waals surface area contributed by atoms with Crippen molar-refractivity contribution in [2.45, 2.75) is 18.9 Å². The monoisotopic (exact) mass is 337 g/mol. The van der Waals surface area contributed by atoms with Crippen LogP contribution in [0.3, 0.4) is 0 Å². The van der Waals surface area contributed by atoms with Crippen molar-refractivity contribution in [1.82, 2.24) is 0 Å². The summed E-state index contributed by atoms with van der Waals surface area (Å²) in [6, 6.07) is 15.1. The van der Waals surface area contributed by atoms with Gasteiger partial charge in [-0.3, -0.25) is 4.99 Å². The van der Waals surface area contributed by atoms with Gasteiger partial charge in [0.15, 0.2) is 0 Å². The Bertz CT molecular complexity index is 579. The lowest BCUT2D eigenvalue weighted by atomic mass is 10.1. The number of hydrogen-bond acceptors (Lipinski definition) is 1. The van der Waals surface area contributed by atoms with Crippen LogP contribution in [0.5, 0.6) is 0 Å². The summed E-state index contributed by atoms with van der Waals surface area (Å²) in [6.45, 7) is 1.80. The molecule has 0 aromatic heterocycles. The van der Waals surface area contributed by atoms with Gasteiger partial charge in [0, 0.05) is 10.0 Å². The second kappa shape index (κ2) is 6.27. The summed E-state index contributed by atoms with van der Waals surface area (Å²) in [4.78, 5) is 3.98. The van der Waals surface area contributed by atoms with Gasteiger partial charge in [0.1, 0.15) is 0 Å². The van der Waals surface area contributed by atoms with Crippen LogP contribution in [0.25, 0.3) is 0 Å². The summed E-state index contributed by atoms with van der Waals surface area (Å²) in [5.41, 5.74) is 0.847. The third-order valence-corrected chi connectivity index (χ3v) is 3.50. The Balaban J connectivity index is 2.15. The Kier molecular flexibility index (Phi) is 4.65. The van der Waals surface area contributed by atoms with Crippen LogP contribution in [-0.4, -0.2) is 6.21 Å². The van der Waals surface area contributed by atoms with Gasteiger partial charge in [-0.2, -0.15) is 8.78 Å². The molecule has 0 amide bonds. The number of benzene rings is 2. The number of alkyl halides is 2. The Hall–Kier alpha value is -1.55. The molecule has 0 radical (unpaired) electrons. The number of rotatable bonds is 4. The molecular weight excluding hydrogens is 324 g/mol. The van der Waals surface area contributed by atoms with E-state index in [-0.39, 0.29) is 11.6 Å². The minimum atomic E-state index is -3.07. The quantitative estimate of drug-likeness (QED) is 0.665. The largest absolute Gasteiger partial charge is 0.307 e. The van der Waals surface area contributed by atoms with Crippen LogP contribution in [-0.2, 0) is 5.92 Å². The first-order valence-electron chi connectivity index (χ1n) is 6.22. The summed E-state index contributed by atoms with van der Waals surface area (Å²) in [5.74, 6) is -3.07. The minimum Gasteiger partial charge on any atom is -0.283 e. The van der Waals surface area contributed by atoms with E-state index in [9.17, 15) is 8.78 Å². The fraction of sp³-hybridized carbons (Fsp3) is 0.188. The summed E-state index contributed by atoms with van der Waals surface area (Å²) in [5, 5.41) is 0. The van der Waals surface area contributed by atoms with Gasteiger partial charge in [-0.15, -0.1) is 0 Å². The maximum atomic E-state index is 14.0. The summed E-state index contributed by atoms with van der Waals surface area (Å²) >= 11 is 3.23. The van der Waals surface area contributed by atoms with Gasteiger partial charge in [0.05, 0.1) is 12.3 Å². The molecule has 104 valence electrons. The highest BCUT2D eigenvalue weighted by Crippen LogP contribution is 2.28. The highest BCUT2D eigenvalue weighted by atomic mass is 79.9. The fourth-order valence-electron chi connectivity index (χ4n) is 1.77. The van der Waals surface area contributed by atoms with Gasteiger partial charge in [-0.25, -0.2) is 0 Å². The van der Waals surface area contributed by atoms with Crippen molar-refractivity contribution in [3.8, 4) is 0 Å². The number of nitrogens with zero attached hydrogens (tertiary/aromatic N) is 1. The topological polar surface area (TPSA) is 12.4 Å². The van der Waals surface area contributed by atoms with E-state index in [1.807, 2.05) is 30.3 Å². The highest BCUT2D eigenvalue weighted by Gasteiger charge is 2.29. The molecule has 0 bridgehead atoms. The molecular formula is C16H14BrF2N. The lowest BCUT2D eigenvalue weighted by Crippen LogP contribution is -2.15. The van der Waals surface area contributed by atoms with Gasteiger partial charge < -0.3 is 0 Å². The van der Waals surface area contributed by atoms with Crippen LogP contribution < -0.4 is 0 Å². The zero-order valence-corrected chi connectivity index (χ0v) is 12.5. The van der Waals surface area contributed by atoms with E-state index in [1.54, 1.807) is 19.1 Å². The second-order valence-corrected chi connectivity index (χ2v) is 5.41. The first-order chi connectivity index (χ1) is 9.49. The van der Waals surface area contributed by atoms with Gasteiger partial charge >= 0.3 is 5.92 Å². The van der Waals surface area contributed by atoms with E-state index >= 15 is 0 Å². The summed E-state index contributed by atoms with van der Waals surface area (Å²) in [7, 11) is 0. The van der Waals surface area contributed by atoms with Gasteiger partial charge in [0.25, 0.3) is 0 Å². The van der Waals surface area contributed by atoms with Gasteiger partial charge in [0.2, 0.25) is 0 Å². The molecule has 0 fully saturated rings. The standard InChI is InChI=1S/C16H14BrF2N/c1-12(13-5-3-2-4-6-13)20-11-16(18,19)14-7-9-15(17)10-8-14/h2-12H,1H3/t12-/m0/s1. The Morgan fingerprint density at radius 1 is 1.05 bits per heavy atom. The molecule has 2 aromatic rings. The zero-order chi connectivity index (χ0) is 14.6. The summed E-state index contributed by atoms with van der Waals surface area (Å²) in [6.07, 6.45) is 0.730. The molecule has 0 saturated heterocycles. The fourth-order valence-corrected chi connectivity index (χ4v) is 2.03. The number of halogens is 3. The van der Waals surface area contributed by atoms with Crippen molar-refractivity contribution >= 4 is 22.1 Å². The molecule has 0 N–H and O–H groups in total. The smallest absolute Gasteiger partial charge is 0.283 e. The average molecular weight is 338 g/mol. The van der Waals surface area contributed by atoms with Crippen LogP contribution in [0.4, 0.5) is 8.78 Å². The van der Waals surface area contributed by atoms with Crippen molar-refractivity contribution < 1.29 is 8.78 Å². The third-order valence-electron chi connectivity index (χ3n) is 2.97. The van der Waals surface area contributed by atoms with Gasteiger partial charge in [-0.05, 0) is 24.6 Å². The molecule has 1 nitrogen and oxygen atoms in total. The summed E-state index contributed by atoms with van der Waals surface area (Å²) < 4.78 is 28.8. The Morgan fingerprint density at radius 3 is 2.25 bits per heavy atom. The van der Waals surface area contributed by atoms with Crippen LogP contribution in [0.15, 0.2) is 64.1 Å². The molecule has 0 aliphatic rings. The maximum Gasteiger partial charge on any atom is 0.307 e. The van der Waals surface area contributed by atoms with Crippen LogP contribution in [0, 0.1) is 0 Å². The predicted molar refractivity (Wildman–Crippen MR) is 81.4 cm³/mol. The highest BCUT2D eigenvalue weighted by molar-refractivity contribution is 9.10. The molecule has 0 spiro atoms. The molecule has 2 aromatic carbocycles. The normalized spacial score (nSPS) is 13.6. The van der Waals surface area contributed by atoms with E-state index in [2.05, 4.69) is 20.9 Å². The third kappa shape index (κ3) is 3.73. The van der Waals surface area contributed by atoms with Crippen molar-refractivity contribution in [1.29, 1.82) is 0 Å². The average Bonchev–Trinajstić information content (AvgIpc) is 2.46. The first-order valence-corrected chi connectivity index (χ1v) is 7.01. The molecule has 0 unspecified atom stereocenters. The van der Waals surface area contributed by atoms with Crippen LogP contribution in [0.1, 0.15) is 24.1 Å². The van der Waals surface area contributed by atoms with E-state index in [4.69, 9.17) is 0 Å². The lowest BCUT2D eigenvalue weighted by molar-refractivity contribution is 0.0815. The van der Waals surface area contributed by atoms with Crippen LogP contribution in [0.2, 0.25) is 0 Å².